The molecule has 0 amide bonds. The highest BCUT2D eigenvalue weighted by Gasteiger charge is 2.34. The van der Waals surface area contributed by atoms with E-state index in [2.05, 4.69) is 317 Å². The molecule has 0 saturated carbocycles. The Kier molecular flexibility index (Phi) is 21.3. The van der Waals surface area contributed by atoms with Crippen LogP contribution in [0.15, 0.2) is 528 Å². The lowest BCUT2D eigenvalue weighted by molar-refractivity contribution is 0.591. The van der Waals surface area contributed by atoms with Crippen LogP contribution in [-0.4, -0.2) is 28.2 Å². The van der Waals surface area contributed by atoms with E-state index in [-0.39, 0.29) is 0 Å². The van der Waals surface area contributed by atoms with Gasteiger partial charge in [0.25, 0.3) is 0 Å². The Bertz CT molecular complexity index is 9930. The lowest BCUT2D eigenvalue weighted by Crippen LogP contribution is -2.24. The number of hydrogen-bond donors (Lipinski definition) is 0. The molecular formula is C131H87N6O3P3. The smallest absolute Gasteiger partial charge is 0.171 e. The lowest BCUT2D eigenvalue weighted by Gasteiger charge is -2.20. The van der Waals surface area contributed by atoms with Crippen LogP contribution in [0.3, 0.4) is 0 Å². The first-order valence-corrected chi connectivity index (χ1v) is 53.3. The molecule has 0 unspecified atom stereocenters. The Morgan fingerprint density at radius 2 is 0.336 bits per heavy atom. The molecule has 0 N–H and O–H groups in total. The van der Waals surface area contributed by atoms with E-state index in [1.807, 2.05) is 224 Å². The fourth-order valence-corrected chi connectivity index (χ4v) is 29.4. The van der Waals surface area contributed by atoms with Crippen molar-refractivity contribution in [1.29, 1.82) is 0 Å². The summed E-state index contributed by atoms with van der Waals surface area (Å²) >= 11 is 0. The molecule has 6 heterocycles. The maximum Gasteiger partial charge on any atom is 0.171 e. The van der Waals surface area contributed by atoms with E-state index in [1.165, 1.54) is 49.0 Å². The number of rotatable bonds is 14. The van der Waals surface area contributed by atoms with Crippen LogP contribution in [0.1, 0.15) is 0 Å². The molecule has 0 radical (unpaired) electrons. The second kappa shape index (κ2) is 35.4. The van der Waals surface area contributed by atoms with Crippen LogP contribution in [0.4, 0.5) is 0 Å². The SMILES string of the molecule is O=P(c1ccccc1)(c1ccccc1)c1ccc(-c2ccc(-c3ccc4c(c3)c3ccccc3c3nc5ccccc5n43)cc2)cc1.O=P(c1ccccc1)(c1ccccc1)c1ccc2cc(-c3ccc(-c4ccc5c(c4)c4ccccc4c4nc6ccccc6n54)cc3)ccc2c1.O=P(c1ccccc1)(c1ccccc1)c1ccc2cc(-c3ccc4c(c3)c3ccccc3c3nc5ccccc5n43)ccc2c1. The molecule has 0 saturated heterocycles. The van der Waals surface area contributed by atoms with Gasteiger partial charge in [-0.1, -0.05) is 431 Å². The van der Waals surface area contributed by atoms with Crippen molar-refractivity contribution in [2.45, 2.75) is 0 Å². The van der Waals surface area contributed by atoms with Gasteiger partial charge in [0.15, 0.2) is 21.4 Å². The Balaban J connectivity index is 0.000000110. The van der Waals surface area contributed by atoms with Crippen LogP contribution < -0.4 is 47.7 Å². The van der Waals surface area contributed by atoms with Crippen LogP contribution in [-0.2, 0) is 13.7 Å². The highest BCUT2D eigenvalue weighted by Crippen LogP contribution is 2.48. The minimum atomic E-state index is -3.04. The van der Waals surface area contributed by atoms with Gasteiger partial charge in [0.05, 0.1) is 49.7 Å². The third-order valence-electron chi connectivity index (χ3n) is 28.5. The summed E-state index contributed by atoms with van der Waals surface area (Å²) in [7, 11) is -9.09. The van der Waals surface area contributed by atoms with E-state index < -0.39 is 21.4 Å². The molecule has 12 heteroatoms. The van der Waals surface area contributed by atoms with Gasteiger partial charge in [-0.3, -0.25) is 13.2 Å². The monoisotopic (exact) mass is 1880 g/mol. The zero-order valence-corrected chi connectivity index (χ0v) is 80.2. The molecule has 0 aliphatic heterocycles. The molecule has 6 aromatic heterocycles. The van der Waals surface area contributed by atoms with Crippen molar-refractivity contribution in [3.63, 3.8) is 0 Å². The molecule has 0 atom stereocenters. The van der Waals surface area contributed by atoms with Crippen LogP contribution in [0.2, 0.25) is 0 Å². The molecule has 0 aliphatic carbocycles. The van der Waals surface area contributed by atoms with E-state index in [4.69, 9.17) is 15.0 Å². The van der Waals surface area contributed by atoms with Crippen molar-refractivity contribution < 1.29 is 13.7 Å². The van der Waals surface area contributed by atoms with Gasteiger partial charge in [-0.15, -0.1) is 0 Å². The van der Waals surface area contributed by atoms with Crippen LogP contribution in [0.5, 0.6) is 0 Å². The summed E-state index contributed by atoms with van der Waals surface area (Å²) in [5.41, 5.74) is 24.2. The Morgan fingerprint density at radius 1 is 0.140 bits per heavy atom. The van der Waals surface area contributed by atoms with E-state index in [1.54, 1.807) is 0 Å². The Morgan fingerprint density at radius 3 is 0.643 bits per heavy atom. The molecular weight excluding hydrogens is 1800 g/mol. The van der Waals surface area contributed by atoms with Crippen LogP contribution in [0, 0.1) is 0 Å². The second-order valence-electron chi connectivity index (χ2n) is 36.6. The van der Waals surface area contributed by atoms with Crippen molar-refractivity contribution in [2.75, 3.05) is 0 Å². The van der Waals surface area contributed by atoms with Gasteiger partial charge >= 0.3 is 0 Å². The molecule has 9 nitrogen and oxygen atoms in total. The first-order valence-electron chi connectivity index (χ1n) is 48.2. The molecule has 143 heavy (non-hydrogen) atoms. The van der Waals surface area contributed by atoms with E-state index in [9.17, 15) is 13.7 Å². The number of para-hydroxylation sites is 6. The van der Waals surface area contributed by atoms with Gasteiger partial charge in [0.2, 0.25) is 0 Å². The van der Waals surface area contributed by atoms with Gasteiger partial charge < -0.3 is 13.7 Å². The van der Waals surface area contributed by atoms with Crippen molar-refractivity contribution in [3.05, 3.63) is 528 Å². The van der Waals surface area contributed by atoms with Crippen LogP contribution >= 0.6 is 21.4 Å². The van der Waals surface area contributed by atoms with Gasteiger partial charge in [-0.25, -0.2) is 15.0 Å². The molecule has 28 rings (SSSR count). The standard InChI is InChI=1S/C47H31N2OP.C43H29N2OP.C41H27N2OP/c50-51(38-11-3-1-4-12-38,39-13-5-2-6-14-39)40-27-25-35-29-34(23-24-36(35)30-40)32-19-21-33(22-20-32)37-26-28-45-43(31-37)41-15-7-8-16-42(41)47-48-44-17-9-10-18-46(44)49(45)47;46-47(34-11-3-1-4-12-34,35-13-5-2-6-14-35)36-26-23-31(24-27-36)30-19-21-32(22-20-30)33-25-28-41-39(29-33)37-15-7-8-16-38(37)43-44-40-17-9-10-18-42(40)45(41)43;44-45(32-11-3-1-4-12-32,33-13-5-2-6-14-33)34-23-21-29-25-28(19-20-30(29)26-34)31-22-24-39-37(27-31)35-15-7-8-16-36(35)41-42-38-17-9-10-18-40(38)43(39)41/h1-31H;1-29H;1-27H. The van der Waals surface area contributed by atoms with Crippen molar-refractivity contribution >= 4 is 206 Å². The topological polar surface area (TPSA) is 103 Å². The van der Waals surface area contributed by atoms with Crippen molar-refractivity contribution in [1.82, 2.24) is 28.2 Å². The summed E-state index contributed by atoms with van der Waals surface area (Å²) in [6.45, 7) is 0. The zero-order valence-electron chi connectivity index (χ0n) is 77.5. The summed E-state index contributed by atoms with van der Waals surface area (Å²) in [5.74, 6) is 0. The fourth-order valence-electron chi connectivity index (χ4n) is 21.4. The van der Waals surface area contributed by atoms with Gasteiger partial charge in [0, 0.05) is 80.1 Å². The minimum Gasteiger partial charge on any atom is -0.309 e. The second-order valence-corrected chi connectivity index (χ2v) is 44.9. The molecule has 0 bridgehead atoms. The third kappa shape index (κ3) is 14.8. The quantitative estimate of drug-likeness (QED) is 0.0794. The number of aromatic nitrogens is 6. The predicted molar refractivity (Wildman–Crippen MR) is 603 cm³/mol. The van der Waals surface area contributed by atoms with Gasteiger partial charge in [-0.2, -0.15) is 0 Å². The van der Waals surface area contributed by atoms with Crippen molar-refractivity contribution in [3.8, 4) is 55.6 Å². The maximum atomic E-state index is 14.9. The van der Waals surface area contributed by atoms with Crippen LogP contribution in [0.25, 0.3) is 192 Å². The molecule has 0 aliphatic rings. The summed E-state index contributed by atoms with van der Waals surface area (Å²) in [6, 6.07) is 181. The summed E-state index contributed by atoms with van der Waals surface area (Å²) in [5, 5.41) is 22.6. The highest BCUT2D eigenvalue weighted by atomic mass is 31.2. The third-order valence-corrected chi connectivity index (χ3v) is 37.7. The highest BCUT2D eigenvalue weighted by molar-refractivity contribution is 7.86. The summed E-state index contributed by atoms with van der Waals surface area (Å²) in [4.78, 5) is 15.0. The molecule has 28 aromatic rings. The summed E-state index contributed by atoms with van der Waals surface area (Å²) in [6.07, 6.45) is 0. The number of hydrogen-bond acceptors (Lipinski definition) is 6. The van der Waals surface area contributed by atoms with E-state index in [0.29, 0.717) is 0 Å². The predicted octanol–water partition coefficient (Wildman–Crippen LogP) is 29.9. The average molecular weight is 1890 g/mol. The molecule has 22 aromatic carbocycles. The largest absolute Gasteiger partial charge is 0.309 e. The minimum absolute atomic E-state index is 0.832. The molecule has 0 fully saturated rings. The van der Waals surface area contributed by atoms with E-state index in [0.717, 1.165) is 191 Å². The summed E-state index contributed by atoms with van der Waals surface area (Å²) < 4.78 is 51.5. The Labute approximate surface area is 825 Å². The molecule has 674 valence electrons. The zero-order chi connectivity index (χ0) is 95.3. The number of benzene rings is 22. The van der Waals surface area contributed by atoms with E-state index >= 15 is 0 Å². The first kappa shape index (κ1) is 85.8. The fraction of sp³-hybridized carbons (Fsp3) is 0. The average Bonchev–Trinajstić information content (AvgIpc) is 0.861. The van der Waals surface area contributed by atoms with Gasteiger partial charge in [0.1, 0.15) is 16.9 Å². The molecule has 0 spiro atoms. The lowest BCUT2D eigenvalue weighted by atomic mass is 9.96. The number of pyridine rings is 3. The number of nitrogens with zero attached hydrogens (tertiary/aromatic N) is 6. The normalized spacial score (nSPS) is 12.0. The number of fused-ring (bicyclic) bond motifs is 26. The first-order chi connectivity index (χ1) is 70.5. The van der Waals surface area contributed by atoms with Gasteiger partial charge in [-0.05, 0) is 190 Å². The number of imidazole rings is 3. The maximum absolute atomic E-state index is 14.9. The Hall–Kier alpha value is -17.5. The van der Waals surface area contributed by atoms with Crippen molar-refractivity contribution in [2.24, 2.45) is 0 Å².